The molecule has 0 saturated carbocycles. The number of carbonyl (C=O) groups is 1. The normalized spacial score (nSPS) is 14.0. The van der Waals surface area contributed by atoms with Crippen LogP contribution in [0.2, 0.25) is 10.0 Å². The van der Waals surface area contributed by atoms with Crippen LogP contribution in [0.1, 0.15) is 26.7 Å². The molecule has 1 aromatic carbocycles. The first-order chi connectivity index (χ1) is 9.39. The van der Waals surface area contributed by atoms with E-state index in [2.05, 4.69) is 5.32 Å². The molecule has 0 fully saturated rings. The summed E-state index contributed by atoms with van der Waals surface area (Å²) in [6, 6.07) is 5.32. The summed E-state index contributed by atoms with van der Waals surface area (Å²) in [4.78, 5) is 12.2. The minimum Gasteiger partial charge on any atom is -0.480 e. The lowest BCUT2D eigenvalue weighted by molar-refractivity contribution is -0.144. The van der Waals surface area contributed by atoms with Crippen LogP contribution in [0.25, 0.3) is 0 Å². The maximum atomic E-state index is 11.3. The molecule has 0 aromatic heterocycles. The second kappa shape index (κ2) is 8.13. The van der Waals surface area contributed by atoms with Crippen LogP contribution < -0.4 is 5.32 Å². The molecule has 1 aromatic rings. The van der Waals surface area contributed by atoms with Gasteiger partial charge in [-0.25, -0.2) is 0 Å². The van der Waals surface area contributed by atoms with Gasteiger partial charge in [0.05, 0.1) is 5.02 Å². The van der Waals surface area contributed by atoms with Crippen molar-refractivity contribution < 1.29 is 9.90 Å². The predicted octanol–water partition coefficient (Wildman–Crippen LogP) is 4.32. The van der Waals surface area contributed by atoms with Crippen molar-refractivity contribution in [1.29, 1.82) is 0 Å². The summed E-state index contributed by atoms with van der Waals surface area (Å²) in [5.74, 6) is -0.0859. The molecule has 1 rings (SSSR count). The summed E-state index contributed by atoms with van der Waals surface area (Å²) >= 11 is 13.6. The van der Waals surface area contributed by atoms with Gasteiger partial charge in [0.15, 0.2) is 0 Å². The number of benzene rings is 1. The number of carboxylic acid groups (broad SMARTS) is 1. The van der Waals surface area contributed by atoms with Crippen molar-refractivity contribution in [2.45, 2.75) is 37.1 Å². The molecular weight excluding hydrogens is 317 g/mol. The minimum atomic E-state index is -0.868. The maximum Gasteiger partial charge on any atom is 0.323 e. The Kier molecular flexibility index (Phi) is 7.17. The Morgan fingerprint density at radius 2 is 2.15 bits per heavy atom. The first kappa shape index (κ1) is 17.6. The van der Waals surface area contributed by atoms with E-state index in [1.54, 1.807) is 30.8 Å². The van der Waals surface area contributed by atoms with Gasteiger partial charge in [0.25, 0.3) is 0 Å². The molecule has 0 aliphatic heterocycles. The van der Waals surface area contributed by atoms with Crippen molar-refractivity contribution >= 4 is 40.9 Å². The fourth-order valence-electron chi connectivity index (χ4n) is 1.85. The largest absolute Gasteiger partial charge is 0.480 e. The molecule has 0 heterocycles. The van der Waals surface area contributed by atoms with Crippen LogP contribution in [0.5, 0.6) is 0 Å². The van der Waals surface area contributed by atoms with Crippen LogP contribution in [0.4, 0.5) is 0 Å². The summed E-state index contributed by atoms with van der Waals surface area (Å²) in [5.41, 5.74) is -0.868. The van der Waals surface area contributed by atoms with Crippen molar-refractivity contribution in [2.75, 3.05) is 12.3 Å². The molecule has 112 valence electrons. The maximum absolute atomic E-state index is 11.3. The molecule has 0 aliphatic rings. The summed E-state index contributed by atoms with van der Waals surface area (Å²) in [7, 11) is 0. The van der Waals surface area contributed by atoms with Crippen LogP contribution in [-0.2, 0) is 4.79 Å². The first-order valence-electron chi connectivity index (χ1n) is 6.45. The lowest BCUT2D eigenvalue weighted by atomic mass is 9.96. The monoisotopic (exact) mass is 335 g/mol. The highest BCUT2D eigenvalue weighted by atomic mass is 35.5. The van der Waals surface area contributed by atoms with E-state index < -0.39 is 11.5 Å². The van der Waals surface area contributed by atoms with Crippen LogP contribution in [0.3, 0.4) is 0 Å². The van der Waals surface area contributed by atoms with Crippen molar-refractivity contribution in [1.82, 2.24) is 5.32 Å². The zero-order valence-corrected chi connectivity index (χ0v) is 13.9. The Bertz CT molecular complexity index is 470. The van der Waals surface area contributed by atoms with E-state index >= 15 is 0 Å². The molecule has 6 heteroatoms. The topological polar surface area (TPSA) is 49.3 Å². The fraction of sp³-hybridized carbons (Fsp3) is 0.500. The molecule has 0 amide bonds. The third kappa shape index (κ3) is 5.17. The summed E-state index contributed by atoms with van der Waals surface area (Å²) < 4.78 is 0. The van der Waals surface area contributed by atoms with E-state index in [1.807, 2.05) is 13.0 Å². The van der Waals surface area contributed by atoms with Gasteiger partial charge in [-0.1, -0.05) is 36.5 Å². The molecule has 2 N–H and O–H groups in total. The standard InChI is InChI=1S/C14H19Cl2NO2S/c1-3-6-14(2,13(18)19)17-7-8-20-12-9-10(15)4-5-11(12)16/h4-5,9,17H,3,6-8H2,1-2H3,(H,18,19). The Hall–Kier alpha value is -0.420. The molecule has 0 spiro atoms. The van der Waals surface area contributed by atoms with Crippen LogP contribution >= 0.6 is 35.0 Å². The summed E-state index contributed by atoms with van der Waals surface area (Å²) in [5, 5.41) is 13.7. The van der Waals surface area contributed by atoms with Gasteiger partial charge in [0.2, 0.25) is 0 Å². The van der Waals surface area contributed by atoms with E-state index in [0.717, 1.165) is 17.1 Å². The third-order valence-electron chi connectivity index (χ3n) is 2.99. The molecule has 1 unspecified atom stereocenters. The van der Waals surface area contributed by atoms with Gasteiger partial charge in [-0.2, -0.15) is 0 Å². The lowest BCUT2D eigenvalue weighted by Gasteiger charge is -2.25. The molecule has 0 radical (unpaired) electrons. The van der Waals surface area contributed by atoms with Crippen LogP contribution in [0, 0.1) is 0 Å². The number of halogens is 2. The minimum absolute atomic E-state index is 0.594. The molecule has 0 bridgehead atoms. The number of thioether (sulfide) groups is 1. The summed E-state index contributed by atoms with van der Waals surface area (Å²) in [6.45, 7) is 4.29. The van der Waals surface area contributed by atoms with Gasteiger partial charge in [0, 0.05) is 22.2 Å². The average Bonchev–Trinajstić information content (AvgIpc) is 2.38. The number of carboxylic acids is 1. The van der Waals surface area contributed by atoms with Crippen molar-refractivity contribution in [2.24, 2.45) is 0 Å². The van der Waals surface area contributed by atoms with Gasteiger partial charge < -0.3 is 10.4 Å². The Morgan fingerprint density at radius 3 is 2.75 bits per heavy atom. The zero-order chi connectivity index (χ0) is 15.2. The number of rotatable bonds is 8. The van der Waals surface area contributed by atoms with Gasteiger partial charge in [-0.05, 0) is 31.5 Å². The van der Waals surface area contributed by atoms with Crippen LogP contribution in [0.15, 0.2) is 23.1 Å². The van der Waals surface area contributed by atoms with E-state index in [-0.39, 0.29) is 0 Å². The average molecular weight is 336 g/mol. The molecular formula is C14H19Cl2NO2S. The second-order valence-corrected chi connectivity index (χ2v) is 6.72. The number of hydrogen-bond donors (Lipinski definition) is 2. The van der Waals surface area contributed by atoms with Gasteiger partial charge in [-0.3, -0.25) is 4.79 Å². The van der Waals surface area contributed by atoms with Crippen molar-refractivity contribution in [3.63, 3.8) is 0 Å². The van der Waals surface area contributed by atoms with E-state index in [9.17, 15) is 9.90 Å². The van der Waals surface area contributed by atoms with Gasteiger partial charge in [-0.15, -0.1) is 11.8 Å². The highest BCUT2D eigenvalue weighted by Gasteiger charge is 2.30. The highest BCUT2D eigenvalue weighted by Crippen LogP contribution is 2.29. The first-order valence-corrected chi connectivity index (χ1v) is 8.19. The molecule has 20 heavy (non-hydrogen) atoms. The zero-order valence-electron chi connectivity index (χ0n) is 11.6. The van der Waals surface area contributed by atoms with Gasteiger partial charge in [0.1, 0.15) is 5.54 Å². The van der Waals surface area contributed by atoms with E-state index in [1.165, 1.54) is 0 Å². The predicted molar refractivity (Wildman–Crippen MR) is 86.1 cm³/mol. The number of aliphatic carboxylic acids is 1. The fourth-order valence-corrected chi connectivity index (χ4v) is 3.20. The van der Waals surface area contributed by atoms with Crippen molar-refractivity contribution in [3.8, 4) is 0 Å². The van der Waals surface area contributed by atoms with Crippen molar-refractivity contribution in [3.05, 3.63) is 28.2 Å². The SMILES string of the molecule is CCCC(C)(NCCSc1cc(Cl)ccc1Cl)C(=O)O. The van der Waals surface area contributed by atoms with Gasteiger partial charge >= 0.3 is 5.97 Å². The smallest absolute Gasteiger partial charge is 0.323 e. The lowest BCUT2D eigenvalue weighted by Crippen LogP contribution is -2.50. The Labute approximate surface area is 134 Å². The summed E-state index contributed by atoms with van der Waals surface area (Å²) in [6.07, 6.45) is 1.42. The second-order valence-electron chi connectivity index (χ2n) is 4.74. The molecule has 0 saturated heterocycles. The third-order valence-corrected chi connectivity index (χ3v) is 4.72. The molecule has 1 atom stereocenters. The Morgan fingerprint density at radius 1 is 1.45 bits per heavy atom. The molecule has 3 nitrogen and oxygen atoms in total. The Balaban J connectivity index is 2.48. The molecule has 0 aliphatic carbocycles. The number of nitrogens with one attached hydrogen (secondary N) is 1. The highest BCUT2D eigenvalue weighted by molar-refractivity contribution is 7.99. The van der Waals surface area contributed by atoms with Crippen LogP contribution in [-0.4, -0.2) is 28.9 Å². The van der Waals surface area contributed by atoms with E-state index in [4.69, 9.17) is 23.2 Å². The van der Waals surface area contributed by atoms with E-state index in [0.29, 0.717) is 23.0 Å². The quantitative estimate of drug-likeness (QED) is 0.548. The number of hydrogen-bond acceptors (Lipinski definition) is 3.